The van der Waals surface area contributed by atoms with E-state index in [2.05, 4.69) is 6.42 Å². The molecule has 0 amide bonds. The second-order valence-electron chi connectivity index (χ2n) is 2.78. The van der Waals surface area contributed by atoms with Crippen LogP contribution >= 0.6 is 0 Å². The van der Waals surface area contributed by atoms with Crippen LogP contribution in [0.2, 0.25) is 0 Å². The Morgan fingerprint density at radius 2 is 1.08 bits per heavy atom. The quantitative estimate of drug-likeness (QED) is 0.232. The van der Waals surface area contributed by atoms with Crippen LogP contribution < -0.4 is 0 Å². The van der Waals surface area contributed by atoms with E-state index in [0.717, 1.165) is 0 Å². The van der Waals surface area contributed by atoms with Gasteiger partial charge in [-0.2, -0.15) is 0 Å². The lowest BCUT2D eigenvalue weighted by Gasteiger charge is -1.94. The zero-order chi connectivity index (χ0) is 9.45. The lowest BCUT2D eigenvalue weighted by Crippen LogP contribution is -2.02. The summed E-state index contributed by atoms with van der Waals surface area (Å²) in [5.41, 5.74) is 0. The second kappa shape index (κ2) is 6.20. The lowest BCUT2D eigenvalue weighted by molar-refractivity contribution is 0.368. The van der Waals surface area contributed by atoms with Crippen LogP contribution in [0.25, 0.3) is 0 Å². The highest BCUT2D eigenvalue weighted by Gasteiger charge is 2.20. The van der Waals surface area contributed by atoms with Crippen molar-refractivity contribution in [3.8, 4) is 0 Å². The van der Waals surface area contributed by atoms with Gasteiger partial charge < -0.3 is 17.3 Å². The molecule has 12 heavy (non-hydrogen) atoms. The summed E-state index contributed by atoms with van der Waals surface area (Å²) >= 11 is 0. The molecule has 5 heteroatoms. The highest BCUT2D eigenvalue weighted by molar-refractivity contribution is 6.50. The van der Waals surface area contributed by atoms with Crippen molar-refractivity contribution in [2.24, 2.45) is 0 Å². The number of rotatable bonds is 0. The van der Waals surface area contributed by atoms with Gasteiger partial charge in [-0.25, -0.2) is 0 Å². The fraction of sp³-hybridized carbons (Fsp3) is 0.857. The first-order valence-electron chi connectivity index (χ1n) is 4.19. The fourth-order valence-electron chi connectivity index (χ4n) is 1.08. The molecule has 1 fully saturated rings. The molecular weight excluding hydrogens is 171 g/mol. The van der Waals surface area contributed by atoms with Gasteiger partial charge in [-0.05, 0) is 25.7 Å². The topological polar surface area (TPSA) is 0 Å². The number of hydrogen-bond donors (Lipinski definition) is 0. The molecule has 1 saturated carbocycles. The fourth-order valence-corrected chi connectivity index (χ4v) is 1.08. The third-order valence-corrected chi connectivity index (χ3v) is 1.57. The maximum atomic E-state index is 9.75. The third-order valence-electron chi connectivity index (χ3n) is 1.57. The molecule has 0 aliphatic heterocycles. The van der Waals surface area contributed by atoms with Gasteiger partial charge in [0.2, 0.25) is 0 Å². The first-order valence-corrected chi connectivity index (χ1v) is 4.19. The van der Waals surface area contributed by atoms with Crippen LogP contribution in [-0.4, -0.2) is 7.25 Å². The highest BCUT2D eigenvalue weighted by Crippen LogP contribution is 2.14. The van der Waals surface area contributed by atoms with Gasteiger partial charge in [0, 0.05) is 0 Å². The Morgan fingerprint density at radius 3 is 1.42 bits per heavy atom. The Labute approximate surface area is 70.4 Å². The van der Waals surface area contributed by atoms with Gasteiger partial charge in [0.1, 0.15) is 0 Å². The molecule has 0 aromatic rings. The molecule has 1 aliphatic rings. The summed E-state index contributed by atoms with van der Waals surface area (Å²) in [6.45, 7) is 0. The van der Waals surface area contributed by atoms with Crippen LogP contribution in [0.15, 0.2) is 0 Å². The van der Waals surface area contributed by atoms with Crippen molar-refractivity contribution in [3.05, 3.63) is 6.42 Å². The summed E-state index contributed by atoms with van der Waals surface area (Å²) < 4.78 is 39.0. The molecule has 72 valence electrons. The largest absolute Gasteiger partial charge is 0.673 e. The molecule has 0 spiro atoms. The lowest BCUT2D eigenvalue weighted by atomic mass is 10.2. The van der Waals surface area contributed by atoms with Crippen molar-refractivity contribution in [1.82, 2.24) is 0 Å². The number of hydrogen-bond acceptors (Lipinski definition) is 0. The molecule has 0 unspecified atom stereocenters. The minimum atomic E-state index is -6.00. The van der Waals surface area contributed by atoms with E-state index in [-0.39, 0.29) is 0 Å². The second-order valence-corrected chi connectivity index (χ2v) is 2.78. The normalized spacial score (nSPS) is 18.3. The van der Waals surface area contributed by atoms with Crippen molar-refractivity contribution < 1.29 is 17.3 Å². The van der Waals surface area contributed by atoms with Gasteiger partial charge in [0.05, 0.1) is 19.3 Å². The molecule has 0 N–H and O–H groups in total. The molecule has 0 radical (unpaired) electrons. The molecular formula is C7H13BF4. The van der Waals surface area contributed by atoms with Gasteiger partial charge >= 0.3 is 7.25 Å². The van der Waals surface area contributed by atoms with Crippen LogP contribution in [0.4, 0.5) is 17.3 Å². The molecule has 1 aliphatic carbocycles. The molecule has 0 aromatic carbocycles. The smallest absolute Gasteiger partial charge is 0.418 e. The maximum absolute atomic E-state index is 9.75. The van der Waals surface area contributed by atoms with Gasteiger partial charge in [0.25, 0.3) is 0 Å². The van der Waals surface area contributed by atoms with Crippen molar-refractivity contribution in [2.45, 2.75) is 38.5 Å². The summed E-state index contributed by atoms with van der Waals surface area (Å²) in [6, 6.07) is 0. The van der Waals surface area contributed by atoms with Crippen molar-refractivity contribution in [1.29, 1.82) is 0 Å². The zero-order valence-corrected chi connectivity index (χ0v) is 6.91. The van der Waals surface area contributed by atoms with Crippen molar-refractivity contribution >= 4 is 7.25 Å². The van der Waals surface area contributed by atoms with Gasteiger partial charge in [-0.1, -0.05) is 0 Å². The van der Waals surface area contributed by atoms with E-state index in [1.165, 1.54) is 38.5 Å². The molecule has 0 saturated heterocycles. The predicted octanol–water partition coefficient (Wildman–Crippen LogP) is 3.84. The van der Waals surface area contributed by atoms with E-state index in [4.69, 9.17) is 0 Å². The van der Waals surface area contributed by atoms with Gasteiger partial charge in [0.15, 0.2) is 0 Å². The maximum Gasteiger partial charge on any atom is 0.673 e. The minimum absolute atomic E-state index is 1.38. The average molecular weight is 184 g/mol. The van der Waals surface area contributed by atoms with Crippen LogP contribution in [0.1, 0.15) is 38.5 Å². The van der Waals surface area contributed by atoms with E-state index in [9.17, 15) is 17.3 Å². The zero-order valence-electron chi connectivity index (χ0n) is 6.91. The molecule has 0 heterocycles. The first kappa shape index (κ1) is 11.7. The van der Waals surface area contributed by atoms with Crippen LogP contribution in [0.5, 0.6) is 0 Å². The van der Waals surface area contributed by atoms with Crippen molar-refractivity contribution in [2.75, 3.05) is 0 Å². The molecule has 0 bridgehead atoms. The molecule has 0 aromatic heterocycles. The van der Waals surface area contributed by atoms with E-state index in [0.29, 0.717) is 0 Å². The summed E-state index contributed by atoms with van der Waals surface area (Å²) in [4.78, 5) is 0. The van der Waals surface area contributed by atoms with Crippen LogP contribution in [0, 0.1) is 6.42 Å². The number of halogens is 4. The Hall–Kier alpha value is -0.345. The van der Waals surface area contributed by atoms with Gasteiger partial charge in [-0.3, -0.25) is 0 Å². The first-order chi connectivity index (χ1) is 5.50. The molecule has 0 atom stereocenters. The summed E-state index contributed by atoms with van der Waals surface area (Å²) in [5, 5.41) is 0. The average Bonchev–Trinajstić information content (AvgIpc) is 2.10. The Balaban J connectivity index is 0.000000217. The standard InChI is InChI=1S/C7H13.BF4/c1-2-4-6-7-5-3-1;2-1(3,4)5/h1H,2-7H2;/q+1;-1. The third kappa shape index (κ3) is 16.3. The highest BCUT2D eigenvalue weighted by atomic mass is 19.5. The Kier molecular flexibility index (Phi) is 6.02. The Morgan fingerprint density at radius 1 is 0.750 bits per heavy atom. The SMILES string of the molecule is F[B-](F)(F)F.[CH+]1CCCCCC1. The molecule has 1 rings (SSSR count). The summed E-state index contributed by atoms with van der Waals surface area (Å²) in [6.07, 6.45) is 11.0. The Bertz CT molecular complexity index is 76.4. The summed E-state index contributed by atoms with van der Waals surface area (Å²) in [5.74, 6) is 0. The van der Waals surface area contributed by atoms with Crippen molar-refractivity contribution in [3.63, 3.8) is 0 Å². The van der Waals surface area contributed by atoms with E-state index >= 15 is 0 Å². The molecule has 0 nitrogen and oxygen atoms in total. The van der Waals surface area contributed by atoms with Crippen LogP contribution in [-0.2, 0) is 0 Å². The van der Waals surface area contributed by atoms with Gasteiger partial charge in [-0.15, -0.1) is 0 Å². The predicted molar refractivity (Wildman–Crippen MR) is 42.2 cm³/mol. The van der Waals surface area contributed by atoms with E-state index in [1.807, 2.05) is 0 Å². The monoisotopic (exact) mass is 184 g/mol. The van der Waals surface area contributed by atoms with Crippen LogP contribution in [0.3, 0.4) is 0 Å². The van der Waals surface area contributed by atoms with E-state index in [1.54, 1.807) is 0 Å². The van der Waals surface area contributed by atoms with E-state index < -0.39 is 7.25 Å². The minimum Gasteiger partial charge on any atom is -0.418 e. The summed E-state index contributed by atoms with van der Waals surface area (Å²) in [7, 11) is -6.00.